The van der Waals surface area contributed by atoms with Gasteiger partial charge >= 0.3 is 0 Å². The van der Waals surface area contributed by atoms with Gasteiger partial charge in [-0.05, 0) is 36.4 Å². The molecule has 0 saturated carbocycles. The Morgan fingerprint density at radius 3 is 2.72 bits per heavy atom. The maximum Gasteiger partial charge on any atom is 0.259 e. The number of hydrogen-bond donors (Lipinski definition) is 2. The Hall–Kier alpha value is -2.19. The number of rotatable bonds is 6. The van der Waals surface area contributed by atoms with Crippen LogP contribution in [0.1, 0.15) is 15.9 Å². The molecule has 2 rings (SSSR count). The zero-order valence-electron chi connectivity index (χ0n) is 13.3. The standard InChI is InChI=1S/C17H15Br2N3O3/c1-25-14-5-6-15(19)12(8-14)9-21-22-16(23)10-20-17(24)11-3-2-4-13(18)7-11/h2-9H,10H2,1H3,(H,20,24)(H,22,23)/b21-9-. The molecule has 0 atom stereocenters. The highest BCUT2D eigenvalue weighted by Gasteiger charge is 2.08. The molecule has 0 bridgehead atoms. The second-order valence-electron chi connectivity index (χ2n) is 4.87. The van der Waals surface area contributed by atoms with Gasteiger partial charge in [0.25, 0.3) is 11.8 Å². The minimum atomic E-state index is -0.432. The number of benzene rings is 2. The largest absolute Gasteiger partial charge is 0.497 e. The highest BCUT2D eigenvalue weighted by atomic mass is 79.9. The molecule has 0 aliphatic rings. The maximum absolute atomic E-state index is 11.9. The average Bonchev–Trinajstić information content (AvgIpc) is 2.61. The quantitative estimate of drug-likeness (QED) is 0.505. The van der Waals surface area contributed by atoms with Gasteiger partial charge in [-0.15, -0.1) is 0 Å². The van der Waals surface area contributed by atoms with Crippen LogP contribution in [0.3, 0.4) is 0 Å². The molecular weight excluding hydrogens is 454 g/mol. The van der Waals surface area contributed by atoms with Gasteiger partial charge in [0.1, 0.15) is 5.75 Å². The van der Waals surface area contributed by atoms with Crippen molar-refractivity contribution in [1.82, 2.24) is 10.7 Å². The van der Waals surface area contributed by atoms with Gasteiger partial charge in [-0.3, -0.25) is 9.59 Å². The van der Waals surface area contributed by atoms with Gasteiger partial charge in [-0.1, -0.05) is 37.9 Å². The Morgan fingerprint density at radius 1 is 1.20 bits per heavy atom. The molecule has 0 aromatic heterocycles. The molecule has 2 N–H and O–H groups in total. The number of carbonyl (C=O) groups excluding carboxylic acids is 2. The summed E-state index contributed by atoms with van der Waals surface area (Å²) in [6.07, 6.45) is 1.49. The topological polar surface area (TPSA) is 79.8 Å². The van der Waals surface area contributed by atoms with Crippen LogP contribution in [0, 0.1) is 0 Å². The molecule has 6 nitrogen and oxygen atoms in total. The van der Waals surface area contributed by atoms with Gasteiger partial charge in [-0.25, -0.2) is 5.43 Å². The molecule has 2 aromatic rings. The molecule has 8 heteroatoms. The lowest BCUT2D eigenvalue weighted by Gasteiger charge is -2.05. The summed E-state index contributed by atoms with van der Waals surface area (Å²) in [5, 5.41) is 6.40. The summed E-state index contributed by atoms with van der Waals surface area (Å²) >= 11 is 6.68. The normalized spacial score (nSPS) is 10.5. The molecule has 0 unspecified atom stereocenters. The zero-order chi connectivity index (χ0) is 18.2. The molecule has 130 valence electrons. The lowest BCUT2D eigenvalue weighted by molar-refractivity contribution is -0.120. The molecule has 0 spiro atoms. The first-order chi connectivity index (χ1) is 12.0. The Morgan fingerprint density at radius 2 is 2.00 bits per heavy atom. The molecule has 0 radical (unpaired) electrons. The highest BCUT2D eigenvalue weighted by Crippen LogP contribution is 2.20. The minimum absolute atomic E-state index is 0.179. The van der Waals surface area contributed by atoms with Crippen molar-refractivity contribution in [1.29, 1.82) is 0 Å². The van der Waals surface area contributed by atoms with Gasteiger partial charge in [0.15, 0.2) is 0 Å². The minimum Gasteiger partial charge on any atom is -0.497 e. The Labute approximate surface area is 161 Å². The summed E-state index contributed by atoms with van der Waals surface area (Å²) in [6, 6.07) is 12.3. The van der Waals surface area contributed by atoms with Crippen LogP contribution in [0.15, 0.2) is 56.5 Å². The van der Waals surface area contributed by atoms with E-state index in [-0.39, 0.29) is 12.5 Å². The fourth-order valence-corrected chi connectivity index (χ4v) is 2.60. The van der Waals surface area contributed by atoms with Gasteiger partial charge in [0.05, 0.1) is 19.9 Å². The SMILES string of the molecule is COc1ccc(Br)c(/C=N\NC(=O)CNC(=O)c2cccc(Br)c2)c1. The number of hydrogen-bond acceptors (Lipinski definition) is 4. The van der Waals surface area contributed by atoms with Crippen LogP contribution in [0.25, 0.3) is 0 Å². The Balaban J connectivity index is 1.85. The summed E-state index contributed by atoms with van der Waals surface area (Å²) in [7, 11) is 1.57. The molecule has 0 fully saturated rings. The van der Waals surface area contributed by atoms with Crippen molar-refractivity contribution in [2.45, 2.75) is 0 Å². The van der Waals surface area contributed by atoms with Crippen molar-refractivity contribution in [2.75, 3.05) is 13.7 Å². The van der Waals surface area contributed by atoms with Gasteiger partial charge in [0, 0.05) is 20.1 Å². The first kappa shape index (κ1) is 19.1. The predicted octanol–water partition coefficient (Wildman–Crippen LogP) is 3.10. The van der Waals surface area contributed by atoms with E-state index in [2.05, 4.69) is 47.7 Å². The number of amides is 2. The molecule has 2 amide bonds. The molecule has 25 heavy (non-hydrogen) atoms. The van der Waals surface area contributed by atoms with E-state index in [4.69, 9.17) is 4.74 Å². The van der Waals surface area contributed by atoms with Crippen LogP contribution in [0.4, 0.5) is 0 Å². The monoisotopic (exact) mass is 467 g/mol. The van der Waals surface area contributed by atoms with Crippen molar-refractivity contribution in [3.8, 4) is 5.75 Å². The van der Waals surface area contributed by atoms with Crippen LogP contribution in [0.2, 0.25) is 0 Å². The van der Waals surface area contributed by atoms with E-state index in [0.29, 0.717) is 11.3 Å². The number of halogens is 2. The first-order valence-corrected chi connectivity index (χ1v) is 8.77. The zero-order valence-corrected chi connectivity index (χ0v) is 16.4. The van der Waals surface area contributed by atoms with Crippen molar-refractivity contribution in [2.24, 2.45) is 5.10 Å². The van der Waals surface area contributed by atoms with E-state index in [1.807, 2.05) is 12.1 Å². The number of carbonyl (C=O) groups is 2. The summed E-state index contributed by atoms with van der Waals surface area (Å²) < 4.78 is 6.74. The van der Waals surface area contributed by atoms with Crippen LogP contribution in [-0.4, -0.2) is 31.7 Å². The van der Waals surface area contributed by atoms with Crippen molar-refractivity contribution < 1.29 is 14.3 Å². The number of nitrogens with one attached hydrogen (secondary N) is 2. The summed E-state index contributed by atoms with van der Waals surface area (Å²) in [6.45, 7) is -0.179. The van der Waals surface area contributed by atoms with E-state index in [0.717, 1.165) is 14.5 Å². The summed E-state index contributed by atoms with van der Waals surface area (Å²) in [5.41, 5.74) is 3.57. The second kappa shape index (κ2) is 9.33. The van der Waals surface area contributed by atoms with Gasteiger partial charge in [-0.2, -0.15) is 5.10 Å². The highest BCUT2D eigenvalue weighted by molar-refractivity contribution is 9.10. The van der Waals surface area contributed by atoms with E-state index in [9.17, 15) is 9.59 Å². The fraction of sp³-hybridized carbons (Fsp3) is 0.118. The maximum atomic E-state index is 11.9. The fourth-order valence-electron chi connectivity index (χ4n) is 1.85. The lowest BCUT2D eigenvalue weighted by atomic mass is 10.2. The van der Waals surface area contributed by atoms with Crippen LogP contribution < -0.4 is 15.5 Å². The number of nitrogens with zero attached hydrogens (tertiary/aromatic N) is 1. The van der Waals surface area contributed by atoms with Crippen molar-refractivity contribution in [3.63, 3.8) is 0 Å². The second-order valence-corrected chi connectivity index (χ2v) is 6.64. The molecule has 0 saturated heterocycles. The van der Waals surface area contributed by atoms with E-state index in [1.54, 1.807) is 37.4 Å². The molecule has 2 aromatic carbocycles. The van der Waals surface area contributed by atoms with E-state index >= 15 is 0 Å². The molecule has 0 aliphatic carbocycles. The average molecular weight is 469 g/mol. The van der Waals surface area contributed by atoms with E-state index < -0.39 is 5.91 Å². The van der Waals surface area contributed by atoms with Crippen molar-refractivity contribution in [3.05, 3.63) is 62.5 Å². The smallest absolute Gasteiger partial charge is 0.259 e. The molecule has 0 aliphatic heterocycles. The van der Waals surface area contributed by atoms with Crippen LogP contribution in [-0.2, 0) is 4.79 Å². The number of ether oxygens (including phenoxy) is 1. The third-order valence-electron chi connectivity index (χ3n) is 3.09. The number of methoxy groups -OCH3 is 1. The molecular formula is C17H15Br2N3O3. The Bertz CT molecular complexity index is 809. The van der Waals surface area contributed by atoms with Crippen molar-refractivity contribution >= 4 is 49.9 Å². The third-order valence-corrected chi connectivity index (χ3v) is 4.31. The number of hydrazone groups is 1. The van der Waals surface area contributed by atoms with Gasteiger partial charge in [0.2, 0.25) is 0 Å². The van der Waals surface area contributed by atoms with Gasteiger partial charge < -0.3 is 10.1 Å². The van der Waals surface area contributed by atoms with E-state index in [1.165, 1.54) is 6.21 Å². The summed E-state index contributed by atoms with van der Waals surface area (Å²) in [5.74, 6) is -0.0909. The third kappa shape index (κ3) is 5.99. The van der Waals surface area contributed by atoms with Crippen LogP contribution >= 0.6 is 31.9 Å². The Kier molecular flexibility index (Phi) is 7.15. The molecule has 0 heterocycles. The predicted molar refractivity (Wildman–Crippen MR) is 103 cm³/mol. The lowest BCUT2D eigenvalue weighted by Crippen LogP contribution is -2.34. The first-order valence-electron chi connectivity index (χ1n) is 7.19. The van der Waals surface area contributed by atoms with Crippen LogP contribution in [0.5, 0.6) is 5.75 Å². The summed E-state index contributed by atoms with van der Waals surface area (Å²) in [4.78, 5) is 23.7.